The van der Waals surface area contributed by atoms with E-state index in [1.54, 1.807) is 0 Å². The van der Waals surface area contributed by atoms with Crippen molar-refractivity contribution in [2.24, 2.45) is 5.73 Å². The van der Waals surface area contributed by atoms with Crippen LogP contribution in [0.3, 0.4) is 0 Å². The maximum atomic E-state index is 12.2. The lowest BCUT2D eigenvalue weighted by molar-refractivity contribution is 0.151. The van der Waals surface area contributed by atoms with Gasteiger partial charge in [0.15, 0.2) is 0 Å². The van der Waals surface area contributed by atoms with Crippen LogP contribution < -0.4 is 5.73 Å². The van der Waals surface area contributed by atoms with E-state index < -0.39 is 12.0 Å². The molecule has 0 spiro atoms. The van der Waals surface area contributed by atoms with Crippen LogP contribution in [0, 0.1) is 0 Å². The zero-order valence-corrected chi connectivity index (χ0v) is 7.50. The number of phenols is 1. The van der Waals surface area contributed by atoms with E-state index in [-0.39, 0.29) is 11.3 Å². The Kier molecular flexibility index (Phi) is 1.96. The molecular formula is C10H11F2NO. The summed E-state index contributed by atoms with van der Waals surface area (Å²) in [7, 11) is 0. The Morgan fingerprint density at radius 3 is 2.43 bits per heavy atom. The van der Waals surface area contributed by atoms with Gasteiger partial charge in [-0.25, -0.2) is 8.78 Å². The molecule has 0 bridgehead atoms. The molecule has 1 fully saturated rings. The van der Waals surface area contributed by atoms with E-state index in [9.17, 15) is 13.9 Å². The maximum absolute atomic E-state index is 12.2. The largest absolute Gasteiger partial charge is 0.508 e. The lowest BCUT2D eigenvalue weighted by Crippen LogP contribution is -2.18. The third-order valence-corrected chi connectivity index (χ3v) is 2.60. The number of benzene rings is 1. The predicted octanol–water partition coefficient (Wildman–Crippen LogP) is 2.28. The Bertz CT molecular complexity index is 361. The molecule has 0 saturated heterocycles. The molecule has 0 aliphatic heterocycles. The topological polar surface area (TPSA) is 46.2 Å². The average Bonchev–Trinajstić information content (AvgIpc) is 2.84. The van der Waals surface area contributed by atoms with Gasteiger partial charge in [0.2, 0.25) is 0 Å². The summed E-state index contributed by atoms with van der Waals surface area (Å²) in [5.41, 5.74) is 5.77. The number of hydrogen-bond acceptors (Lipinski definition) is 2. The first-order valence-electron chi connectivity index (χ1n) is 4.43. The molecule has 1 saturated carbocycles. The molecule has 0 aromatic heterocycles. The molecule has 1 aliphatic rings. The molecule has 1 aromatic rings. The van der Waals surface area contributed by atoms with Crippen LogP contribution in [0.15, 0.2) is 18.2 Å². The highest BCUT2D eigenvalue weighted by Crippen LogP contribution is 2.46. The van der Waals surface area contributed by atoms with Crippen molar-refractivity contribution in [3.8, 4) is 5.75 Å². The first kappa shape index (κ1) is 9.40. The fourth-order valence-corrected chi connectivity index (χ4v) is 1.51. The zero-order valence-electron chi connectivity index (χ0n) is 7.50. The minimum absolute atomic E-state index is 0.122. The predicted molar refractivity (Wildman–Crippen MR) is 48.2 cm³/mol. The summed E-state index contributed by atoms with van der Waals surface area (Å²) < 4.78 is 24.5. The van der Waals surface area contributed by atoms with Crippen LogP contribution >= 0.6 is 0 Å². The number of alkyl halides is 2. The lowest BCUT2D eigenvalue weighted by atomic mass is 10.0. The van der Waals surface area contributed by atoms with Crippen molar-refractivity contribution in [2.75, 3.05) is 0 Å². The van der Waals surface area contributed by atoms with E-state index in [0.29, 0.717) is 5.56 Å². The van der Waals surface area contributed by atoms with Gasteiger partial charge in [0.25, 0.3) is 6.43 Å². The molecule has 1 aromatic carbocycles. The summed E-state index contributed by atoms with van der Waals surface area (Å²) in [4.78, 5) is 0. The van der Waals surface area contributed by atoms with Crippen LogP contribution in [-0.2, 0) is 5.54 Å². The first-order chi connectivity index (χ1) is 6.53. The zero-order chi connectivity index (χ0) is 10.3. The molecule has 2 rings (SSSR count). The normalized spacial score (nSPS) is 18.6. The van der Waals surface area contributed by atoms with Gasteiger partial charge in [-0.3, -0.25) is 0 Å². The lowest BCUT2D eigenvalue weighted by Gasteiger charge is -2.12. The van der Waals surface area contributed by atoms with Crippen molar-refractivity contribution in [3.05, 3.63) is 29.3 Å². The number of halogens is 2. The van der Waals surface area contributed by atoms with Crippen molar-refractivity contribution in [2.45, 2.75) is 24.8 Å². The highest BCUT2D eigenvalue weighted by Gasteiger charge is 2.41. The van der Waals surface area contributed by atoms with Gasteiger partial charge in [0, 0.05) is 16.7 Å². The molecule has 4 heteroatoms. The van der Waals surface area contributed by atoms with Gasteiger partial charge in [-0.05, 0) is 18.9 Å². The Labute approximate surface area is 80.4 Å². The monoisotopic (exact) mass is 199 g/mol. The van der Waals surface area contributed by atoms with E-state index in [4.69, 9.17) is 5.73 Å². The van der Waals surface area contributed by atoms with E-state index in [0.717, 1.165) is 18.9 Å². The molecule has 0 amide bonds. The minimum Gasteiger partial charge on any atom is -0.508 e. The third kappa shape index (κ3) is 1.46. The van der Waals surface area contributed by atoms with E-state index in [1.165, 1.54) is 12.1 Å². The van der Waals surface area contributed by atoms with Crippen molar-refractivity contribution in [3.63, 3.8) is 0 Å². The molecule has 76 valence electrons. The van der Waals surface area contributed by atoms with Gasteiger partial charge in [0.05, 0.1) is 0 Å². The van der Waals surface area contributed by atoms with Crippen molar-refractivity contribution < 1.29 is 13.9 Å². The van der Waals surface area contributed by atoms with E-state index >= 15 is 0 Å². The summed E-state index contributed by atoms with van der Waals surface area (Å²) >= 11 is 0. The van der Waals surface area contributed by atoms with Gasteiger partial charge < -0.3 is 10.8 Å². The van der Waals surface area contributed by atoms with Crippen LogP contribution in [0.25, 0.3) is 0 Å². The van der Waals surface area contributed by atoms with Crippen molar-refractivity contribution >= 4 is 0 Å². The van der Waals surface area contributed by atoms with E-state index in [1.807, 2.05) is 0 Å². The second-order valence-corrected chi connectivity index (χ2v) is 3.73. The van der Waals surface area contributed by atoms with Crippen LogP contribution in [0.4, 0.5) is 8.78 Å². The van der Waals surface area contributed by atoms with Gasteiger partial charge >= 0.3 is 0 Å². The van der Waals surface area contributed by atoms with Gasteiger partial charge in [0.1, 0.15) is 5.75 Å². The van der Waals surface area contributed by atoms with Crippen molar-refractivity contribution in [1.82, 2.24) is 0 Å². The summed E-state index contributed by atoms with van der Waals surface area (Å²) in [6.45, 7) is 0. The van der Waals surface area contributed by atoms with E-state index in [2.05, 4.69) is 0 Å². The van der Waals surface area contributed by atoms with Gasteiger partial charge in [-0.15, -0.1) is 0 Å². The van der Waals surface area contributed by atoms with Crippen LogP contribution in [0.2, 0.25) is 0 Å². The average molecular weight is 199 g/mol. The number of rotatable bonds is 2. The Balaban J connectivity index is 2.37. The summed E-state index contributed by atoms with van der Waals surface area (Å²) in [5.74, 6) is -0.122. The van der Waals surface area contributed by atoms with Crippen LogP contribution in [-0.4, -0.2) is 5.11 Å². The highest BCUT2D eigenvalue weighted by molar-refractivity contribution is 5.44. The standard InChI is InChI=1S/C10H11F2NO/c11-9(12)6-1-2-7(8(14)5-6)10(13)3-4-10/h1-2,5,9,14H,3-4,13H2. The Morgan fingerprint density at radius 2 is 2.00 bits per heavy atom. The molecule has 0 radical (unpaired) electrons. The molecule has 0 heterocycles. The molecule has 1 aliphatic carbocycles. The maximum Gasteiger partial charge on any atom is 0.263 e. The fourth-order valence-electron chi connectivity index (χ4n) is 1.51. The molecule has 3 N–H and O–H groups in total. The highest BCUT2D eigenvalue weighted by atomic mass is 19.3. The number of aromatic hydroxyl groups is 1. The smallest absolute Gasteiger partial charge is 0.263 e. The molecule has 0 atom stereocenters. The number of nitrogens with two attached hydrogens (primary N) is 1. The minimum atomic E-state index is -2.55. The molecular weight excluding hydrogens is 188 g/mol. The second-order valence-electron chi connectivity index (χ2n) is 3.73. The van der Waals surface area contributed by atoms with Gasteiger partial charge in [-0.1, -0.05) is 12.1 Å². The van der Waals surface area contributed by atoms with Crippen LogP contribution in [0.5, 0.6) is 5.75 Å². The first-order valence-corrected chi connectivity index (χ1v) is 4.43. The fraction of sp³-hybridized carbons (Fsp3) is 0.400. The SMILES string of the molecule is NC1(c2ccc(C(F)F)cc2O)CC1. The summed E-state index contributed by atoms with van der Waals surface area (Å²) in [6, 6.07) is 3.89. The Morgan fingerprint density at radius 1 is 1.36 bits per heavy atom. The quantitative estimate of drug-likeness (QED) is 0.767. The van der Waals surface area contributed by atoms with Crippen LogP contribution in [0.1, 0.15) is 30.4 Å². The third-order valence-electron chi connectivity index (χ3n) is 2.60. The number of phenolic OH excluding ortho intramolecular Hbond substituents is 1. The molecule has 2 nitrogen and oxygen atoms in total. The second kappa shape index (κ2) is 2.92. The molecule has 14 heavy (non-hydrogen) atoms. The summed E-state index contributed by atoms with van der Waals surface area (Å²) in [6.07, 6.45) is -0.953. The Hall–Kier alpha value is -1.16. The van der Waals surface area contributed by atoms with Crippen molar-refractivity contribution in [1.29, 1.82) is 0 Å². The number of hydrogen-bond donors (Lipinski definition) is 2. The molecule has 0 unspecified atom stereocenters. The van der Waals surface area contributed by atoms with Gasteiger partial charge in [-0.2, -0.15) is 0 Å². The summed E-state index contributed by atoms with van der Waals surface area (Å²) in [5, 5.41) is 9.50.